The number of benzene rings is 1. The first-order valence-electron chi connectivity index (χ1n) is 4.09. The van der Waals surface area contributed by atoms with Gasteiger partial charge in [0.25, 0.3) is 0 Å². The van der Waals surface area contributed by atoms with E-state index in [1.165, 1.54) is 0 Å². The van der Waals surface area contributed by atoms with Gasteiger partial charge in [0, 0.05) is 12.5 Å². The summed E-state index contributed by atoms with van der Waals surface area (Å²) in [6, 6.07) is 5.10. The molecule has 0 unspecified atom stereocenters. The number of rotatable bonds is 3. The molecule has 2 heteroatoms. The molecule has 2 nitrogen and oxygen atoms in total. The van der Waals surface area contributed by atoms with Gasteiger partial charge in [-0.2, -0.15) is 0 Å². The second-order valence-electron chi connectivity index (χ2n) is 2.81. The van der Waals surface area contributed by atoms with E-state index < -0.39 is 0 Å². The molecule has 1 rings (SSSR count). The van der Waals surface area contributed by atoms with Gasteiger partial charge in [-0.1, -0.05) is 0 Å². The lowest BCUT2D eigenvalue weighted by atomic mass is 10.2. The van der Waals surface area contributed by atoms with Crippen molar-refractivity contribution in [3.8, 4) is 23.8 Å². The van der Waals surface area contributed by atoms with E-state index in [1.54, 1.807) is 12.1 Å². The minimum atomic E-state index is 0.218. The van der Waals surface area contributed by atoms with E-state index in [0.717, 1.165) is 5.56 Å². The molecule has 0 saturated carbocycles. The Kier molecular flexibility index (Phi) is 3.22. The van der Waals surface area contributed by atoms with Crippen LogP contribution in [0.2, 0.25) is 0 Å². The summed E-state index contributed by atoms with van der Waals surface area (Å²) < 4.78 is 5.31. The molecule has 0 amide bonds. The number of phenolic OH excluding ortho intramolecular Hbond substituents is 1. The number of aromatic hydroxyl groups is 1. The Balaban J connectivity index is 2.62. The first-order chi connectivity index (χ1) is 6.22. The number of terminal acetylenes is 1. The quantitative estimate of drug-likeness (QED) is 0.564. The smallest absolute Gasteiger partial charge is 0.123 e. The fraction of sp³-hybridized carbons (Fsp3) is 0.273. The normalized spacial score (nSPS) is 9.23. The van der Waals surface area contributed by atoms with Gasteiger partial charge in [0.05, 0.1) is 6.61 Å². The van der Waals surface area contributed by atoms with Gasteiger partial charge in [0.1, 0.15) is 11.5 Å². The standard InChI is InChI=1S/C11H12O2/c1-3-4-5-13-11-7-9(2)6-10(12)8-11/h1,6-8,12H,4-5H2,2H3. The van der Waals surface area contributed by atoms with Crippen LogP contribution in [0.3, 0.4) is 0 Å². The zero-order valence-corrected chi connectivity index (χ0v) is 7.58. The zero-order valence-electron chi connectivity index (χ0n) is 7.58. The average Bonchev–Trinajstić information content (AvgIpc) is 2.03. The van der Waals surface area contributed by atoms with Gasteiger partial charge in [-0.15, -0.1) is 12.3 Å². The number of aryl methyl sites for hydroxylation is 1. The molecule has 1 aromatic carbocycles. The van der Waals surface area contributed by atoms with Gasteiger partial charge >= 0.3 is 0 Å². The van der Waals surface area contributed by atoms with Crippen molar-refractivity contribution in [2.75, 3.05) is 6.61 Å². The highest BCUT2D eigenvalue weighted by Crippen LogP contribution is 2.20. The first kappa shape index (κ1) is 9.47. The van der Waals surface area contributed by atoms with Crippen molar-refractivity contribution >= 4 is 0 Å². The fourth-order valence-electron chi connectivity index (χ4n) is 1.04. The summed E-state index contributed by atoms with van der Waals surface area (Å²) >= 11 is 0. The van der Waals surface area contributed by atoms with Crippen molar-refractivity contribution in [1.82, 2.24) is 0 Å². The van der Waals surface area contributed by atoms with Crippen molar-refractivity contribution < 1.29 is 9.84 Å². The summed E-state index contributed by atoms with van der Waals surface area (Å²) in [5.74, 6) is 3.36. The van der Waals surface area contributed by atoms with Gasteiger partial charge in [0.2, 0.25) is 0 Å². The third-order valence-corrected chi connectivity index (χ3v) is 1.55. The Bertz CT molecular complexity index is 303. The van der Waals surface area contributed by atoms with E-state index in [2.05, 4.69) is 5.92 Å². The summed E-state index contributed by atoms with van der Waals surface area (Å²) in [6.07, 6.45) is 5.65. The molecule has 13 heavy (non-hydrogen) atoms. The van der Waals surface area contributed by atoms with Crippen LogP contribution in [-0.4, -0.2) is 11.7 Å². The van der Waals surface area contributed by atoms with Gasteiger partial charge in [-0.05, 0) is 24.6 Å². The topological polar surface area (TPSA) is 29.5 Å². The molecule has 68 valence electrons. The largest absolute Gasteiger partial charge is 0.508 e. The predicted octanol–water partition coefficient (Wildman–Crippen LogP) is 2.10. The Morgan fingerprint density at radius 2 is 2.23 bits per heavy atom. The van der Waals surface area contributed by atoms with E-state index >= 15 is 0 Å². The SMILES string of the molecule is C#CCCOc1cc(C)cc(O)c1. The van der Waals surface area contributed by atoms with Crippen molar-refractivity contribution in [1.29, 1.82) is 0 Å². The number of ether oxygens (including phenoxy) is 1. The van der Waals surface area contributed by atoms with Crippen LogP contribution in [0.4, 0.5) is 0 Å². The maximum atomic E-state index is 9.23. The van der Waals surface area contributed by atoms with Crippen LogP contribution < -0.4 is 4.74 Å². The molecule has 1 aromatic rings. The molecule has 0 radical (unpaired) electrons. The molecule has 0 aromatic heterocycles. The van der Waals surface area contributed by atoms with E-state index in [-0.39, 0.29) is 5.75 Å². The van der Waals surface area contributed by atoms with E-state index in [9.17, 15) is 5.11 Å². The van der Waals surface area contributed by atoms with Gasteiger partial charge in [-0.3, -0.25) is 0 Å². The third kappa shape index (κ3) is 3.08. The molecule has 0 saturated heterocycles. The lowest BCUT2D eigenvalue weighted by molar-refractivity contribution is 0.325. The maximum Gasteiger partial charge on any atom is 0.123 e. The molecule has 0 spiro atoms. The lowest BCUT2D eigenvalue weighted by Gasteiger charge is -2.05. The summed E-state index contributed by atoms with van der Waals surface area (Å²) in [7, 11) is 0. The van der Waals surface area contributed by atoms with Crippen molar-refractivity contribution in [3.63, 3.8) is 0 Å². The van der Waals surface area contributed by atoms with E-state index in [0.29, 0.717) is 18.8 Å². The summed E-state index contributed by atoms with van der Waals surface area (Å²) in [5, 5.41) is 9.23. The maximum absolute atomic E-state index is 9.23. The molecular formula is C11H12O2. The molecule has 0 fully saturated rings. The minimum absolute atomic E-state index is 0.218. The Morgan fingerprint density at radius 1 is 1.46 bits per heavy atom. The highest BCUT2D eigenvalue weighted by Gasteiger charge is 1.97. The average molecular weight is 176 g/mol. The second-order valence-corrected chi connectivity index (χ2v) is 2.81. The minimum Gasteiger partial charge on any atom is -0.508 e. The van der Waals surface area contributed by atoms with Crippen LogP contribution in [0.5, 0.6) is 11.5 Å². The van der Waals surface area contributed by atoms with Gasteiger partial charge in [-0.25, -0.2) is 0 Å². The number of hydrogen-bond donors (Lipinski definition) is 1. The zero-order chi connectivity index (χ0) is 9.68. The Labute approximate surface area is 78.2 Å². The van der Waals surface area contributed by atoms with Crippen LogP contribution in [0.1, 0.15) is 12.0 Å². The summed E-state index contributed by atoms with van der Waals surface area (Å²) in [6.45, 7) is 2.38. The van der Waals surface area contributed by atoms with Crippen LogP contribution in [-0.2, 0) is 0 Å². The van der Waals surface area contributed by atoms with Crippen LogP contribution in [0.25, 0.3) is 0 Å². The fourth-order valence-corrected chi connectivity index (χ4v) is 1.04. The Hall–Kier alpha value is -1.62. The monoisotopic (exact) mass is 176 g/mol. The molecular weight excluding hydrogens is 164 g/mol. The van der Waals surface area contributed by atoms with E-state index in [4.69, 9.17) is 11.2 Å². The second kappa shape index (κ2) is 4.42. The van der Waals surface area contributed by atoms with Crippen molar-refractivity contribution in [3.05, 3.63) is 23.8 Å². The molecule has 0 atom stereocenters. The predicted molar refractivity (Wildman–Crippen MR) is 51.8 cm³/mol. The number of hydrogen-bond acceptors (Lipinski definition) is 2. The highest BCUT2D eigenvalue weighted by molar-refractivity contribution is 5.36. The Morgan fingerprint density at radius 3 is 2.85 bits per heavy atom. The number of phenols is 1. The molecule has 0 aliphatic carbocycles. The third-order valence-electron chi connectivity index (χ3n) is 1.55. The van der Waals surface area contributed by atoms with Gasteiger partial charge < -0.3 is 9.84 Å². The van der Waals surface area contributed by atoms with E-state index in [1.807, 2.05) is 13.0 Å². The summed E-state index contributed by atoms with van der Waals surface area (Å²) in [5.41, 5.74) is 0.968. The van der Waals surface area contributed by atoms with Crippen LogP contribution in [0.15, 0.2) is 18.2 Å². The molecule has 0 aliphatic heterocycles. The molecule has 0 heterocycles. The summed E-state index contributed by atoms with van der Waals surface area (Å²) in [4.78, 5) is 0. The molecule has 0 bridgehead atoms. The first-order valence-corrected chi connectivity index (χ1v) is 4.09. The molecule has 1 N–H and O–H groups in total. The van der Waals surface area contributed by atoms with Gasteiger partial charge in [0.15, 0.2) is 0 Å². The van der Waals surface area contributed by atoms with Crippen molar-refractivity contribution in [2.45, 2.75) is 13.3 Å². The lowest BCUT2D eigenvalue weighted by Crippen LogP contribution is -1.95. The van der Waals surface area contributed by atoms with Crippen LogP contribution in [0, 0.1) is 19.3 Å². The van der Waals surface area contributed by atoms with Crippen molar-refractivity contribution in [2.24, 2.45) is 0 Å². The highest BCUT2D eigenvalue weighted by atomic mass is 16.5. The van der Waals surface area contributed by atoms with Crippen LogP contribution >= 0.6 is 0 Å². The molecule has 0 aliphatic rings.